The first-order valence-electron chi connectivity index (χ1n) is 17.8. The minimum Gasteiger partial charge on any atom is -0.455 e. The summed E-state index contributed by atoms with van der Waals surface area (Å²) >= 11 is 0. The van der Waals surface area contributed by atoms with Crippen LogP contribution in [0.1, 0.15) is 0 Å². The molecule has 9 aromatic carbocycles. The van der Waals surface area contributed by atoms with Gasteiger partial charge in [0.1, 0.15) is 11.3 Å². The quantitative estimate of drug-likeness (QED) is 0.165. The molecule has 0 amide bonds. The van der Waals surface area contributed by atoms with Gasteiger partial charge in [0.25, 0.3) is 0 Å². The molecular weight excluding hydrogens is 631 g/mol. The minimum absolute atomic E-state index is 0.867. The summed E-state index contributed by atoms with van der Waals surface area (Å²) in [6, 6.07) is 71.6. The Kier molecular flexibility index (Phi) is 7.18. The van der Waals surface area contributed by atoms with Crippen LogP contribution >= 0.6 is 0 Å². The number of benzene rings is 9. The molecule has 0 saturated carbocycles. The summed E-state index contributed by atoms with van der Waals surface area (Å²) < 4.78 is 6.66. The molecule has 0 N–H and O–H groups in total. The van der Waals surface area contributed by atoms with E-state index in [-0.39, 0.29) is 0 Å². The molecule has 1 aromatic heterocycles. The molecule has 2 nitrogen and oxygen atoms in total. The van der Waals surface area contributed by atoms with Gasteiger partial charge in [0.15, 0.2) is 0 Å². The minimum atomic E-state index is 0.867. The van der Waals surface area contributed by atoms with E-state index in [1.807, 2.05) is 6.07 Å². The largest absolute Gasteiger partial charge is 0.455 e. The Hall–Kier alpha value is -6.90. The number of nitrogens with zero attached hydrogens (tertiary/aromatic N) is 1. The van der Waals surface area contributed by atoms with E-state index in [1.165, 1.54) is 43.4 Å². The first-order chi connectivity index (χ1) is 25.8. The van der Waals surface area contributed by atoms with Gasteiger partial charge in [-0.05, 0) is 97.5 Å². The summed E-state index contributed by atoms with van der Waals surface area (Å²) in [7, 11) is 0. The van der Waals surface area contributed by atoms with Crippen molar-refractivity contribution in [1.82, 2.24) is 0 Å². The van der Waals surface area contributed by atoms with Crippen molar-refractivity contribution in [2.24, 2.45) is 0 Å². The Bertz CT molecular complexity index is 2900. The van der Waals surface area contributed by atoms with Crippen LogP contribution in [0.15, 0.2) is 205 Å². The van der Waals surface area contributed by atoms with Gasteiger partial charge >= 0.3 is 0 Å². The standard InChI is InChI=1S/C50H33NO/c1-2-13-37(14-3-1)49-47-19-8-9-20-48(47)52-50(49)41-16-10-17-43(33-41)51(44-29-30-46-40(32-44)24-22-36-12-6-7-18-45(36)46)42-27-25-35(26-28-42)39-23-21-34-11-4-5-15-38(34)31-39/h1-33H. The van der Waals surface area contributed by atoms with Crippen LogP contribution in [0.4, 0.5) is 17.1 Å². The van der Waals surface area contributed by atoms with Gasteiger partial charge in [-0.15, -0.1) is 0 Å². The predicted octanol–water partition coefficient (Wildman–Crippen LogP) is 14.4. The SMILES string of the molecule is c1ccc(-c2c(-c3cccc(N(c4ccc(-c5ccc6ccccc6c5)cc4)c4ccc5c(ccc6ccccc65)c4)c3)oc3ccccc23)cc1. The van der Waals surface area contributed by atoms with Crippen LogP contribution < -0.4 is 4.90 Å². The summed E-state index contributed by atoms with van der Waals surface area (Å²) in [6.07, 6.45) is 0. The molecule has 0 spiro atoms. The van der Waals surface area contributed by atoms with Crippen LogP contribution in [0.2, 0.25) is 0 Å². The lowest BCUT2D eigenvalue weighted by molar-refractivity contribution is 0.632. The number of hydrogen-bond donors (Lipinski definition) is 0. The summed E-state index contributed by atoms with van der Waals surface area (Å²) in [4.78, 5) is 2.35. The van der Waals surface area contributed by atoms with E-state index in [4.69, 9.17) is 4.42 Å². The third-order valence-electron chi connectivity index (χ3n) is 10.2. The molecular formula is C50H33NO. The Labute approximate surface area is 302 Å². The van der Waals surface area contributed by atoms with Crippen LogP contribution in [0.25, 0.3) is 76.9 Å². The molecule has 10 rings (SSSR count). The molecule has 2 heteroatoms. The fourth-order valence-electron chi connectivity index (χ4n) is 7.69. The summed E-state index contributed by atoms with van der Waals surface area (Å²) in [5.41, 5.74) is 9.75. The van der Waals surface area contributed by atoms with Crippen molar-refractivity contribution in [3.05, 3.63) is 200 Å². The van der Waals surface area contributed by atoms with Crippen LogP contribution in [-0.4, -0.2) is 0 Å². The maximum absolute atomic E-state index is 6.66. The van der Waals surface area contributed by atoms with Gasteiger partial charge in [-0.2, -0.15) is 0 Å². The normalized spacial score (nSPS) is 11.5. The molecule has 1 heterocycles. The molecule has 10 aromatic rings. The van der Waals surface area contributed by atoms with E-state index in [1.54, 1.807) is 0 Å². The molecule has 0 atom stereocenters. The van der Waals surface area contributed by atoms with Gasteiger partial charge in [-0.1, -0.05) is 152 Å². The van der Waals surface area contributed by atoms with Crippen molar-refractivity contribution in [3.63, 3.8) is 0 Å². The van der Waals surface area contributed by atoms with Crippen molar-refractivity contribution >= 4 is 60.3 Å². The lowest BCUT2D eigenvalue weighted by atomic mass is 9.98. The fourth-order valence-corrected chi connectivity index (χ4v) is 7.69. The van der Waals surface area contributed by atoms with E-state index in [0.717, 1.165) is 50.5 Å². The van der Waals surface area contributed by atoms with Crippen molar-refractivity contribution in [1.29, 1.82) is 0 Å². The Morgan fingerprint density at radius 1 is 0.308 bits per heavy atom. The predicted molar refractivity (Wildman–Crippen MR) is 220 cm³/mol. The summed E-state index contributed by atoms with van der Waals surface area (Å²) in [6.45, 7) is 0. The van der Waals surface area contributed by atoms with Crippen LogP contribution in [0, 0.1) is 0 Å². The van der Waals surface area contributed by atoms with Gasteiger partial charge in [-0.3, -0.25) is 0 Å². The Balaban J connectivity index is 1.13. The molecule has 0 aliphatic heterocycles. The van der Waals surface area contributed by atoms with Crippen molar-refractivity contribution < 1.29 is 4.42 Å². The lowest BCUT2D eigenvalue weighted by Gasteiger charge is -2.26. The molecule has 244 valence electrons. The highest BCUT2D eigenvalue weighted by molar-refractivity contribution is 6.09. The second-order valence-corrected chi connectivity index (χ2v) is 13.4. The van der Waals surface area contributed by atoms with E-state index in [0.29, 0.717) is 0 Å². The summed E-state index contributed by atoms with van der Waals surface area (Å²) in [5.74, 6) is 0.867. The average molecular weight is 664 g/mol. The van der Waals surface area contributed by atoms with Gasteiger partial charge in [0.2, 0.25) is 0 Å². The van der Waals surface area contributed by atoms with Crippen LogP contribution in [-0.2, 0) is 0 Å². The van der Waals surface area contributed by atoms with Gasteiger partial charge in [-0.25, -0.2) is 0 Å². The molecule has 0 aliphatic rings. The van der Waals surface area contributed by atoms with E-state index < -0.39 is 0 Å². The third-order valence-corrected chi connectivity index (χ3v) is 10.2. The number of anilines is 3. The van der Waals surface area contributed by atoms with Crippen molar-refractivity contribution in [2.75, 3.05) is 4.90 Å². The van der Waals surface area contributed by atoms with Gasteiger partial charge in [0, 0.05) is 33.6 Å². The monoisotopic (exact) mass is 663 g/mol. The van der Waals surface area contributed by atoms with Crippen molar-refractivity contribution in [2.45, 2.75) is 0 Å². The van der Waals surface area contributed by atoms with Crippen molar-refractivity contribution in [3.8, 4) is 33.6 Å². The Morgan fingerprint density at radius 3 is 1.79 bits per heavy atom. The molecule has 0 fully saturated rings. The number of rotatable bonds is 6. The number of fused-ring (bicyclic) bond motifs is 5. The second kappa shape index (κ2) is 12.5. The lowest BCUT2D eigenvalue weighted by Crippen LogP contribution is -2.10. The molecule has 0 radical (unpaired) electrons. The fraction of sp³-hybridized carbons (Fsp3) is 0. The highest BCUT2D eigenvalue weighted by Gasteiger charge is 2.20. The van der Waals surface area contributed by atoms with E-state index in [2.05, 4.69) is 199 Å². The second-order valence-electron chi connectivity index (χ2n) is 13.4. The summed E-state index contributed by atoms with van der Waals surface area (Å²) in [5, 5.41) is 8.56. The zero-order chi connectivity index (χ0) is 34.4. The maximum Gasteiger partial charge on any atom is 0.143 e. The average Bonchev–Trinajstić information content (AvgIpc) is 3.61. The first-order valence-corrected chi connectivity index (χ1v) is 17.8. The number of furan rings is 1. The highest BCUT2D eigenvalue weighted by atomic mass is 16.3. The van der Waals surface area contributed by atoms with E-state index >= 15 is 0 Å². The van der Waals surface area contributed by atoms with Gasteiger partial charge in [0.05, 0.1) is 0 Å². The zero-order valence-electron chi connectivity index (χ0n) is 28.4. The van der Waals surface area contributed by atoms with Crippen LogP contribution in [0.3, 0.4) is 0 Å². The number of para-hydroxylation sites is 1. The molecule has 0 unspecified atom stereocenters. The van der Waals surface area contributed by atoms with E-state index in [9.17, 15) is 0 Å². The Morgan fingerprint density at radius 2 is 0.923 bits per heavy atom. The first kappa shape index (κ1) is 30.0. The molecule has 0 bridgehead atoms. The number of hydrogen-bond acceptors (Lipinski definition) is 2. The zero-order valence-corrected chi connectivity index (χ0v) is 28.4. The molecule has 0 aliphatic carbocycles. The topological polar surface area (TPSA) is 16.4 Å². The maximum atomic E-state index is 6.66. The molecule has 0 saturated heterocycles. The molecule has 52 heavy (non-hydrogen) atoms. The van der Waals surface area contributed by atoms with Crippen LogP contribution in [0.5, 0.6) is 0 Å². The van der Waals surface area contributed by atoms with Gasteiger partial charge < -0.3 is 9.32 Å². The smallest absolute Gasteiger partial charge is 0.143 e. The highest BCUT2D eigenvalue weighted by Crippen LogP contribution is 2.44. The third kappa shape index (κ3) is 5.21.